The highest BCUT2D eigenvalue weighted by molar-refractivity contribution is 5.73. The normalized spacial score (nSPS) is 32.8. The molecule has 0 saturated carbocycles. The van der Waals surface area contributed by atoms with Crippen LogP contribution in [-0.4, -0.2) is 29.8 Å². The van der Waals surface area contributed by atoms with Crippen LogP contribution in [0.2, 0.25) is 0 Å². The first-order chi connectivity index (χ1) is 5.61. The van der Waals surface area contributed by atoms with Gasteiger partial charge >= 0.3 is 5.97 Å². The van der Waals surface area contributed by atoms with E-state index in [1.54, 1.807) is 0 Å². The van der Waals surface area contributed by atoms with Crippen LogP contribution in [0.1, 0.15) is 19.8 Å². The summed E-state index contributed by atoms with van der Waals surface area (Å²) in [5.41, 5.74) is 5.50. The number of carboxylic acid groups (broad SMARTS) is 1. The van der Waals surface area contributed by atoms with E-state index >= 15 is 0 Å². The van der Waals surface area contributed by atoms with Gasteiger partial charge in [-0.25, -0.2) is 0 Å². The Hall–Kier alpha value is -0.610. The highest BCUT2D eigenvalue weighted by Crippen LogP contribution is 2.22. The van der Waals surface area contributed by atoms with Crippen molar-refractivity contribution in [3.05, 3.63) is 0 Å². The molecule has 70 valence electrons. The fraction of sp³-hybridized carbons (Fsp3) is 0.875. The van der Waals surface area contributed by atoms with Crippen LogP contribution in [-0.2, 0) is 9.53 Å². The molecule has 0 bridgehead atoms. The van der Waals surface area contributed by atoms with Crippen LogP contribution in [0.5, 0.6) is 0 Å². The van der Waals surface area contributed by atoms with Crippen molar-refractivity contribution in [1.82, 2.24) is 0 Å². The third-order valence-corrected chi connectivity index (χ3v) is 2.32. The Labute approximate surface area is 71.7 Å². The quantitative estimate of drug-likeness (QED) is 0.626. The van der Waals surface area contributed by atoms with Gasteiger partial charge in [-0.2, -0.15) is 0 Å². The van der Waals surface area contributed by atoms with Crippen LogP contribution in [0.25, 0.3) is 0 Å². The van der Waals surface area contributed by atoms with E-state index in [1.165, 1.54) is 0 Å². The summed E-state index contributed by atoms with van der Waals surface area (Å²) in [5.74, 6) is -0.833. The molecule has 1 aliphatic heterocycles. The van der Waals surface area contributed by atoms with Crippen molar-refractivity contribution in [3.63, 3.8) is 0 Å². The number of nitrogens with two attached hydrogens (primary N) is 1. The van der Waals surface area contributed by atoms with Gasteiger partial charge in [0.2, 0.25) is 0 Å². The van der Waals surface area contributed by atoms with E-state index < -0.39 is 12.0 Å². The number of hydrogen-bond acceptors (Lipinski definition) is 3. The molecule has 0 amide bonds. The lowest BCUT2D eigenvalue weighted by Crippen LogP contribution is -2.42. The highest BCUT2D eigenvalue weighted by Gasteiger charge is 2.28. The van der Waals surface area contributed by atoms with Crippen LogP contribution < -0.4 is 5.73 Å². The van der Waals surface area contributed by atoms with E-state index in [4.69, 9.17) is 15.6 Å². The summed E-state index contributed by atoms with van der Waals surface area (Å²) < 4.78 is 5.29. The van der Waals surface area contributed by atoms with Gasteiger partial charge in [0, 0.05) is 6.61 Å². The van der Waals surface area contributed by atoms with Crippen LogP contribution in [0.4, 0.5) is 0 Å². The van der Waals surface area contributed by atoms with Crippen molar-refractivity contribution in [2.24, 2.45) is 11.7 Å². The maximum absolute atomic E-state index is 10.5. The molecule has 0 spiro atoms. The van der Waals surface area contributed by atoms with Crippen LogP contribution in [0, 0.1) is 5.92 Å². The molecule has 0 aromatic heterocycles. The first-order valence-electron chi connectivity index (χ1n) is 4.21. The predicted molar refractivity (Wildman–Crippen MR) is 43.7 cm³/mol. The summed E-state index contributed by atoms with van der Waals surface area (Å²) in [6, 6.07) is -0.726. The molecule has 1 heterocycles. The minimum absolute atomic E-state index is 0.0752. The minimum atomic E-state index is -0.908. The number of rotatable bonds is 2. The largest absolute Gasteiger partial charge is 0.480 e. The van der Waals surface area contributed by atoms with Crippen LogP contribution in [0.15, 0.2) is 0 Å². The zero-order chi connectivity index (χ0) is 9.14. The Balaban J connectivity index is 2.45. The van der Waals surface area contributed by atoms with Crippen LogP contribution in [0.3, 0.4) is 0 Å². The lowest BCUT2D eigenvalue weighted by molar-refractivity contribution is -0.141. The second kappa shape index (κ2) is 3.87. The van der Waals surface area contributed by atoms with E-state index in [-0.39, 0.29) is 12.0 Å². The summed E-state index contributed by atoms with van der Waals surface area (Å²) in [5, 5.41) is 8.65. The van der Waals surface area contributed by atoms with E-state index in [1.807, 2.05) is 6.92 Å². The van der Waals surface area contributed by atoms with Gasteiger partial charge in [0.05, 0.1) is 6.10 Å². The van der Waals surface area contributed by atoms with Crippen molar-refractivity contribution in [3.8, 4) is 0 Å². The van der Waals surface area contributed by atoms with Gasteiger partial charge in [0.15, 0.2) is 0 Å². The Morgan fingerprint density at radius 1 is 1.75 bits per heavy atom. The van der Waals surface area contributed by atoms with Gasteiger partial charge in [-0.3, -0.25) is 4.79 Å². The van der Waals surface area contributed by atoms with E-state index in [0.29, 0.717) is 6.61 Å². The van der Waals surface area contributed by atoms with Gasteiger partial charge < -0.3 is 15.6 Å². The first-order valence-corrected chi connectivity index (χ1v) is 4.21. The minimum Gasteiger partial charge on any atom is -0.480 e. The SMILES string of the molecule is C[C@@H]1CC(C(N)C(=O)O)CCO1. The molecule has 1 saturated heterocycles. The van der Waals surface area contributed by atoms with Gasteiger partial charge in [0.1, 0.15) is 6.04 Å². The Bertz CT molecular complexity index is 172. The Kier molecular flexibility index (Phi) is 3.05. The lowest BCUT2D eigenvalue weighted by Gasteiger charge is -2.29. The van der Waals surface area contributed by atoms with Gasteiger partial charge in [-0.1, -0.05) is 0 Å². The molecule has 0 aromatic rings. The Morgan fingerprint density at radius 2 is 2.42 bits per heavy atom. The highest BCUT2D eigenvalue weighted by atomic mass is 16.5. The maximum Gasteiger partial charge on any atom is 0.320 e. The third kappa shape index (κ3) is 2.19. The standard InChI is InChI=1S/C8H15NO3/c1-5-4-6(2-3-12-5)7(9)8(10)11/h5-7H,2-4,9H2,1H3,(H,10,11)/t5-,6?,7?/m1/s1. The van der Waals surface area contributed by atoms with Gasteiger partial charge in [-0.05, 0) is 25.7 Å². The molecule has 4 heteroatoms. The molecule has 3 atom stereocenters. The van der Waals surface area contributed by atoms with E-state index in [0.717, 1.165) is 12.8 Å². The number of aliphatic carboxylic acids is 1. The smallest absolute Gasteiger partial charge is 0.320 e. The molecule has 1 fully saturated rings. The molecular weight excluding hydrogens is 158 g/mol. The van der Waals surface area contributed by atoms with E-state index in [9.17, 15) is 4.79 Å². The van der Waals surface area contributed by atoms with Crippen molar-refractivity contribution in [2.75, 3.05) is 6.61 Å². The summed E-state index contributed by atoms with van der Waals surface area (Å²) in [4.78, 5) is 10.5. The summed E-state index contributed by atoms with van der Waals surface area (Å²) in [6.45, 7) is 2.58. The number of carboxylic acids is 1. The molecule has 2 unspecified atom stereocenters. The van der Waals surface area contributed by atoms with Gasteiger partial charge in [-0.15, -0.1) is 0 Å². The zero-order valence-electron chi connectivity index (χ0n) is 7.19. The summed E-state index contributed by atoms with van der Waals surface area (Å²) in [7, 11) is 0. The van der Waals surface area contributed by atoms with Crippen molar-refractivity contribution < 1.29 is 14.6 Å². The average Bonchev–Trinajstić information content (AvgIpc) is 2.03. The average molecular weight is 173 g/mol. The third-order valence-electron chi connectivity index (χ3n) is 2.32. The maximum atomic E-state index is 10.5. The molecule has 0 aliphatic carbocycles. The molecule has 4 nitrogen and oxygen atoms in total. The summed E-state index contributed by atoms with van der Waals surface area (Å²) in [6.07, 6.45) is 1.67. The number of ether oxygens (including phenoxy) is 1. The van der Waals surface area contributed by atoms with Crippen LogP contribution >= 0.6 is 0 Å². The molecule has 0 aromatic carbocycles. The summed E-state index contributed by atoms with van der Waals surface area (Å²) >= 11 is 0. The van der Waals surface area contributed by atoms with Crippen molar-refractivity contribution >= 4 is 5.97 Å². The Morgan fingerprint density at radius 3 is 2.92 bits per heavy atom. The fourth-order valence-corrected chi connectivity index (χ4v) is 1.56. The number of hydrogen-bond donors (Lipinski definition) is 2. The topological polar surface area (TPSA) is 72.6 Å². The molecule has 1 rings (SSSR count). The molecular formula is C8H15NO3. The molecule has 1 aliphatic rings. The monoisotopic (exact) mass is 173 g/mol. The fourth-order valence-electron chi connectivity index (χ4n) is 1.56. The van der Waals surface area contributed by atoms with Crippen molar-refractivity contribution in [1.29, 1.82) is 0 Å². The second-order valence-electron chi connectivity index (χ2n) is 3.33. The lowest BCUT2D eigenvalue weighted by atomic mass is 9.89. The number of carbonyl (C=O) groups is 1. The zero-order valence-corrected chi connectivity index (χ0v) is 7.19. The van der Waals surface area contributed by atoms with Crippen molar-refractivity contribution in [2.45, 2.75) is 31.9 Å². The predicted octanol–water partition coefficient (Wildman–Crippen LogP) is 0.213. The molecule has 12 heavy (non-hydrogen) atoms. The van der Waals surface area contributed by atoms with Gasteiger partial charge in [0.25, 0.3) is 0 Å². The molecule has 3 N–H and O–H groups in total. The second-order valence-corrected chi connectivity index (χ2v) is 3.33. The van der Waals surface area contributed by atoms with E-state index in [2.05, 4.69) is 0 Å². The first kappa shape index (κ1) is 9.48. The molecule has 0 radical (unpaired) electrons.